The van der Waals surface area contributed by atoms with Crippen LogP contribution in [0.5, 0.6) is 5.75 Å². The van der Waals surface area contributed by atoms with Crippen LogP contribution in [0, 0.1) is 10.1 Å². The Morgan fingerprint density at radius 2 is 1.70 bits per heavy atom. The molecule has 2 aliphatic heterocycles. The third-order valence-electron chi connectivity index (χ3n) is 9.82. The first-order valence-corrected chi connectivity index (χ1v) is 17.5. The minimum Gasteiger partial charge on any atom is -0.508 e. The van der Waals surface area contributed by atoms with Gasteiger partial charge in [0.1, 0.15) is 18.0 Å². The highest BCUT2D eigenvalue weighted by atomic mass is 16.6. The number of rotatable bonds is 12. The summed E-state index contributed by atoms with van der Waals surface area (Å²) >= 11 is 0. The summed E-state index contributed by atoms with van der Waals surface area (Å²) in [6, 6.07) is 27.5. The zero-order chi connectivity index (χ0) is 37.1. The van der Waals surface area contributed by atoms with E-state index >= 15 is 0 Å². The summed E-state index contributed by atoms with van der Waals surface area (Å²) in [4.78, 5) is 57.1. The van der Waals surface area contributed by atoms with Gasteiger partial charge in [0, 0.05) is 43.5 Å². The van der Waals surface area contributed by atoms with E-state index in [0.29, 0.717) is 12.0 Å². The number of hydrogen-bond donors (Lipinski definition) is 1. The Bertz CT molecular complexity index is 2170. The maximum absolute atomic E-state index is 14.6. The highest BCUT2D eigenvalue weighted by Crippen LogP contribution is 2.31. The van der Waals surface area contributed by atoms with E-state index in [1.54, 1.807) is 73.2 Å². The summed E-state index contributed by atoms with van der Waals surface area (Å²) in [6.07, 6.45) is 3.48. The largest absolute Gasteiger partial charge is 0.508 e. The number of phenols is 1. The van der Waals surface area contributed by atoms with Crippen molar-refractivity contribution in [1.29, 1.82) is 0 Å². The van der Waals surface area contributed by atoms with E-state index in [0.717, 1.165) is 27.6 Å². The molecular weight excluding hydrogens is 674 g/mol. The van der Waals surface area contributed by atoms with Crippen LogP contribution in [0.15, 0.2) is 116 Å². The third kappa shape index (κ3) is 7.37. The van der Waals surface area contributed by atoms with Gasteiger partial charge < -0.3 is 14.9 Å². The van der Waals surface area contributed by atoms with Crippen LogP contribution in [-0.2, 0) is 40.3 Å². The number of phenolic OH excluding ortho intramolecular Hbond substituents is 1. The molecular formula is C40H39N7O6. The summed E-state index contributed by atoms with van der Waals surface area (Å²) in [7, 11) is 0. The van der Waals surface area contributed by atoms with Crippen molar-refractivity contribution in [2.24, 2.45) is 0 Å². The van der Waals surface area contributed by atoms with Crippen LogP contribution in [0.1, 0.15) is 28.7 Å². The molecule has 0 aliphatic carbocycles. The van der Waals surface area contributed by atoms with Crippen molar-refractivity contribution in [3.8, 4) is 5.75 Å². The Morgan fingerprint density at radius 3 is 2.45 bits per heavy atom. The average molecular weight is 714 g/mol. The van der Waals surface area contributed by atoms with E-state index in [1.165, 1.54) is 12.1 Å². The molecule has 3 amide bonds. The number of carbonyl (C=O) groups is 3. The molecule has 53 heavy (non-hydrogen) atoms. The standard InChI is InChI=1S/C40H39N7O6/c1-2-20-43-27-38(50)45-35(22-29-14-17-34(48)18-15-29)40(51)42(26-36(45)46(43)37(49)19-16-28-8-4-3-5-9-28)25-32-12-7-11-31-23-41-44(39(31)32)24-30-10-6-13-33(21-30)47(52)53/h2-15,17-18,21,23,35-36,48H,1,16,19-20,22,24-27H2/t35-,36-/m0/s1. The number of hydrogen-bond acceptors (Lipinski definition) is 8. The second-order valence-corrected chi connectivity index (χ2v) is 13.3. The van der Waals surface area contributed by atoms with Gasteiger partial charge in [-0.3, -0.25) is 29.2 Å². The number of carbonyl (C=O) groups excluding carboxylic acids is 3. The molecule has 0 radical (unpaired) electrons. The Balaban J connectivity index is 1.25. The van der Waals surface area contributed by atoms with Crippen LogP contribution < -0.4 is 0 Å². The first-order valence-electron chi connectivity index (χ1n) is 17.5. The number of nitro groups is 1. The monoisotopic (exact) mass is 713 g/mol. The third-order valence-corrected chi connectivity index (χ3v) is 9.82. The van der Waals surface area contributed by atoms with Crippen molar-refractivity contribution in [3.63, 3.8) is 0 Å². The van der Waals surface area contributed by atoms with Crippen molar-refractivity contribution >= 4 is 34.3 Å². The van der Waals surface area contributed by atoms with Crippen molar-refractivity contribution in [1.82, 2.24) is 29.6 Å². The van der Waals surface area contributed by atoms with Gasteiger partial charge in [-0.1, -0.05) is 78.9 Å². The number of fused-ring (bicyclic) bond motifs is 2. The van der Waals surface area contributed by atoms with E-state index in [4.69, 9.17) is 0 Å². The Kier molecular flexibility index (Phi) is 9.99. The lowest BCUT2D eigenvalue weighted by molar-refractivity contribution is -0.384. The van der Waals surface area contributed by atoms with Crippen LogP contribution in [0.3, 0.4) is 0 Å². The molecule has 13 nitrogen and oxygen atoms in total. The highest BCUT2D eigenvalue weighted by molar-refractivity contribution is 5.92. The number of aromatic nitrogens is 2. The zero-order valence-corrected chi connectivity index (χ0v) is 29.0. The second kappa shape index (κ2) is 15.1. The highest BCUT2D eigenvalue weighted by Gasteiger charge is 2.51. The summed E-state index contributed by atoms with van der Waals surface area (Å²) in [6.45, 7) is 4.55. The molecule has 13 heteroatoms. The predicted molar refractivity (Wildman–Crippen MR) is 197 cm³/mol. The molecule has 5 aromatic rings. The molecule has 7 rings (SSSR count). The summed E-state index contributed by atoms with van der Waals surface area (Å²) in [5.74, 6) is -0.619. The van der Waals surface area contributed by atoms with E-state index in [9.17, 15) is 29.6 Å². The Morgan fingerprint density at radius 1 is 0.943 bits per heavy atom. The molecule has 0 bridgehead atoms. The fraction of sp³-hybridized carbons (Fsp3) is 0.250. The lowest BCUT2D eigenvalue weighted by Crippen LogP contribution is -2.75. The average Bonchev–Trinajstić information content (AvgIpc) is 3.57. The number of amides is 3. The number of nitrogens with zero attached hydrogens (tertiary/aromatic N) is 7. The number of nitro benzene ring substituents is 1. The molecule has 2 fully saturated rings. The van der Waals surface area contributed by atoms with Crippen LogP contribution >= 0.6 is 0 Å². The zero-order valence-electron chi connectivity index (χ0n) is 29.0. The number of para-hydroxylation sites is 1. The number of benzene rings is 4. The number of aromatic hydroxyl groups is 1. The quantitative estimate of drug-likeness (QED) is 0.112. The molecule has 1 aromatic heterocycles. The van der Waals surface area contributed by atoms with E-state index in [2.05, 4.69) is 11.7 Å². The van der Waals surface area contributed by atoms with Crippen LogP contribution in [0.4, 0.5) is 5.69 Å². The molecule has 0 unspecified atom stereocenters. The second-order valence-electron chi connectivity index (χ2n) is 13.3. The normalized spacial score (nSPS) is 17.6. The Labute approximate surface area is 306 Å². The van der Waals surface area contributed by atoms with E-state index in [-0.39, 0.29) is 74.7 Å². The van der Waals surface area contributed by atoms with Crippen molar-refractivity contribution in [3.05, 3.63) is 148 Å². The van der Waals surface area contributed by atoms with Gasteiger partial charge in [0.05, 0.1) is 36.3 Å². The first kappa shape index (κ1) is 35.1. The maximum Gasteiger partial charge on any atom is 0.269 e. The first-order chi connectivity index (χ1) is 25.7. The fourth-order valence-corrected chi connectivity index (χ4v) is 7.38. The molecule has 0 spiro atoms. The number of piperazine rings is 1. The molecule has 1 N–H and O–H groups in total. The number of aryl methyl sites for hydroxylation is 1. The smallest absolute Gasteiger partial charge is 0.269 e. The van der Waals surface area contributed by atoms with Crippen LogP contribution in [0.25, 0.3) is 10.9 Å². The SMILES string of the molecule is C=CCN1CC(=O)N2[C@@H](Cc3ccc(O)cc3)C(=O)N(Cc3cccc4cnn(Cc5cccc([N+](=O)[O-])c5)c34)C[C@@H]2N1C(=O)CCc1ccccc1. The van der Waals surface area contributed by atoms with E-state index in [1.807, 2.05) is 48.5 Å². The van der Waals surface area contributed by atoms with Gasteiger partial charge >= 0.3 is 0 Å². The van der Waals surface area contributed by atoms with Gasteiger partial charge in [-0.05, 0) is 40.8 Å². The summed E-state index contributed by atoms with van der Waals surface area (Å²) < 4.78 is 1.77. The predicted octanol–water partition coefficient (Wildman–Crippen LogP) is 4.68. The molecule has 270 valence electrons. The van der Waals surface area contributed by atoms with Gasteiger partial charge in [0.15, 0.2) is 0 Å². The number of non-ortho nitro benzene ring substituents is 1. The summed E-state index contributed by atoms with van der Waals surface area (Å²) in [5, 5.41) is 30.2. The molecule has 3 heterocycles. The molecule has 4 aromatic carbocycles. The van der Waals surface area contributed by atoms with Crippen LogP contribution in [0.2, 0.25) is 0 Å². The lowest BCUT2D eigenvalue weighted by atomic mass is 9.97. The van der Waals surface area contributed by atoms with Crippen LogP contribution in [-0.4, -0.2) is 89.2 Å². The lowest BCUT2D eigenvalue weighted by Gasteiger charge is -2.55. The number of hydrazine groups is 1. The van der Waals surface area contributed by atoms with Crippen molar-refractivity contribution in [2.45, 2.75) is 44.6 Å². The van der Waals surface area contributed by atoms with Gasteiger partial charge in [0.2, 0.25) is 17.7 Å². The minimum absolute atomic E-state index is 0.0160. The molecule has 0 saturated carbocycles. The summed E-state index contributed by atoms with van der Waals surface area (Å²) in [5.41, 5.74) is 4.02. The fourth-order valence-electron chi connectivity index (χ4n) is 7.38. The molecule has 2 aliphatic rings. The minimum atomic E-state index is -0.921. The van der Waals surface area contributed by atoms with Gasteiger partial charge in [-0.2, -0.15) is 5.10 Å². The van der Waals surface area contributed by atoms with Gasteiger partial charge in [-0.15, -0.1) is 6.58 Å². The maximum atomic E-state index is 14.6. The topological polar surface area (TPSA) is 145 Å². The van der Waals surface area contributed by atoms with Crippen molar-refractivity contribution in [2.75, 3.05) is 19.6 Å². The van der Waals surface area contributed by atoms with Crippen molar-refractivity contribution < 1.29 is 24.4 Å². The van der Waals surface area contributed by atoms with Gasteiger partial charge in [-0.25, -0.2) is 10.0 Å². The molecule has 2 atom stereocenters. The molecule has 2 saturated heterocycles. The van der Waals surface area contributed by atoms with E-state index < -0.39 is 17.1 Å². The van der Waals surface area contributed by atoms with Gasteiger partial charge in [0.25, 0.3) is 5.69 Å². The Hall–Kier alpha value is -6.34.